The minimum absolute atomic E-state index is 0.0530. The Bertz CT molecular complexity index is 1200. The van der Waals surface area contributed by atoms with Crippen LogP contribution in [-0.2, 0) is 16.4 Å². The molecule has 1 saturated heterocycles. The van der Waals surface area contributed by atoms with Crippen molar-refractivity contribution >= 4 is 15.8 Å². The predicted octanol–water partition coefficient (Wildman–Crippen LogP) is 3.70. The Morgan fingerprint density at radius 2 is 1.75 bits per heavy atom. The van der Waals surface area contributed by atoms with E-state index in [1.807, 2.05) is 0 Å². The summed E-state index contributed by atoms with van der Waals surface area (Å²) in [4.78, 5) is 12.6. The Labute approximate surface area is 181 Å². The molecule has 12 heteroatoms. The second kappa shape index (κ2) is 8.49. The molecule has 0 unspecified atom stereocenters. The van der Waals surface area contributed by atoms with Crippen molar-refractivity contribution < 1.29 is 26.0 Å². The molecule has 4 rings (SSSR count). The molecule has 32 heavy (non-hydrogen) atoms. The van der Waals surface area contributed by atoms with Crippen LogP contribution in [0.5, 0.6) is 0 Å². The molecule has 1 aromatic carbocycles. The van der Waals surface area contributed by atoms with Crippen molar-refractivity contribution in [1.29, 1.82) is 0 Å². The van der Waals surface area contributed by atoms with Crippen molar-refractivity contribution in [2.24, 2.45) is 0 Å². The second-order valence-electron chi connectivity index (χ2n) is 7.53. The Kier molecular flexibility index (Phi) is 5.89. The van der Waals surface area contributed by atoms with Gasteiger partial charge in [0.1, 0.15) is 22.2 Å². The Morgan fingerprint density at radius 1 is 1.06 bits per heavy atom. The lowest BCUT2D eigenvalue weighted by molar-refractivity contribution is -0.140. The zero-order valence-corrected chi connectivity index (χ0v) is 17.5. The van der Waals surface area contributed by atoms with Crippen LogP contribution in [0.25, 0.3) is 22.6 Å². The van der Waals surface area contributed by atoms with Crippen LogP contribution in [-0.4, -0.2) is 51.7 Å². The number of hydrogen-bond donors (Lipinski definition) is 1. The number of sulfone groups is 1. The van der Waals surface area contributed by atoms with Crippen molar-refractivity contribution in [2.45, 2.75) is 31.6 Å². The van der Waals surface area contributed by atoms with E-state index in [0.29, 0.717) is 18.4 Å². The number of nitrogens with one attached hydrogen (secondary N) is 1. The molecule has 0 bridgehead atoms. The van der Waals surface area contributed by atoms with E-state index in [9.17, 15) is 26.0 Å². The zero-order chi connectivity index (χ0) is 22.9. The third-order valence-corrected chi connectivity index (χ3v) is 6.81. The van der Waals surface area contributed by atoms with Crippen LogP contribution in [0.4, 0.5) is 23.5 Å². The van der Waals surface area contributed by atoms with E-state index in [0.717, 1.165) is 10.9 Å². The van der Waals surface area contributed by atoms with Gasteiger partial charge < -0.3 is 9.88 Å². The molecule has 170 valence electrons. The number of anilines is 1. The van der Waals surface area contributed by atoms with Crippen molar-refractivity contribution in [3.63, 3.8) is 0 Å². The molecule has 0 radical (unpaired) electrons. The van der Waals surface area contributed by atoms with Crippen LogP contribution in [0.3, 0.4) is 0 Å². The van der Waals surface area contributed by atoms with Gasteiger partial charge in [-0.25, -0.2) is 27.8 Å². The summed E-state index contributed by atoms with van der Waals surface area (Å²) in [5.74, 6) is -0.195. The zero-order valence-electron chi connectivity index (χ0n) is 16.7. The molecule has 3 heterocycles. The fraction of sp³-hybridized carbons (Fsp3) is 0.350. The lowest BCUT2D eigenvalue weighted by atomic mass is 10.1. The van der Waals surface area contributed by atoms with Crippen molar-refractivity contribution in [1.82, 2.24) is 19.5 Å². The predicted molar refractivity (Wildman–Crippen MR) is 110 cm³/mol. The third-order valence-electron chi connectivity index (χ3n) is 5.09. The summed E-state index contributed by atoms with van der Waals surface area (Å²) in [5.41, 5.74) is 0.980. The molecular weight excluding hydrogens is 450 g/mol. The number of benzene rings is 1. The van der Waals surface area contributed by atoms with Gasteiger partial charge >= 0.3 is 6.18 Å². The van der Waals surface area contributed by atoms with E-state index >= 15 is 0 Å². The number of halogens is 4. The Morgan fingerprint density at radius 3 is 2.41 bits per heavy atom. The Balaban J connectivity index is 1.69. The van der Waals surface area contributed by atoms with Gasteiger partial charge in [-0.1, -0.05) is 0 Å². The average Bonchev–Trinajstić information content (AvgIpc) is 3.12. The molecule has 0 aliphatic carbocycles. The van der Waals surface area contributed by atoms with Gasteiger partial charge in [-0.3, -0.25) is 0 Å². The maximum atomic E-state index is 13.3. The fourth-order valence-corrected chi connectivity index (χ4v) is 5.05. The summed E-state index contributed by atoms with van der Waals surface area (Å²) in [7, 11) is -3.04. The highest BCUT2D eigenvalue weighted by Crippen LogP contribution is 2.32. The number of hydrogen-bond acceptors (Lipinski definition) is 6. The molecule has 0 atom stereocenters. The molecule has 2 aromatic heterocycles. The molecular formula is C20H19F4N5O2S. The van der Waals surface area contributed by atoms with Crippen LogP contribution < -0.4 is 5.32 Å². The molecule has 3 aromatic rings. The summed E-state index contributed by atoms with van der Waals surface area (Å²) >= 11 is 0. The van der Waals surface area contributed by atoms with Crippen LogP contribution >= 0.6 is 0 Å². The molecule has 1 N–H and O–H groups in total. The maximum absolute atomic E-state index is 13.3. The van der Waals surface area contributed by atoms with Crippen LogP contribution in [0.2, 0.25) is 0 Å². The first-order valence-electron chi connectivity index (χ1n) is 9.78. The maximum Gasteiger partial charge on any atom is 0.406 e. The van der Waals surface area contributed by atoms with Crippen molar-refractivity contribution in [2.75, 3.05) is 16.8 Å². The monoisotopic (exact) mass is 469 g/mol. The lowest BCUT2D eigenvalue weighted by Gasteiger charge is -2.23. The molecule has 0 amide bonds. The quantitative estimate of drug-likeness (QED) is 0.574. The van der Waals surface area contributed by atoms with Crippen molar-refractivity contribution in [3.05, 3.63) is 48.7 Å². The normalized spacial score (nSPS) is 16.8. The number of imidazole rings is 1. The highest BCUT2D eigenvalue weighted by molar-refractivity contribution is 7.91. The molecule has 0 spiro atoms. The van der Waals surface area contributed by atoms with Crippen LogP contribution in [0, 0.1) is 5.82 Å². The number of nitrogens with zero attached hydrogens (tertiary/aromatic N) is 4. The molecule has 0 saturated carbocycles. The minimum atomic E-state index is -4.49. The molecule has 1 fully saturated rings. The highest BCUT2D eigenvalue weighted by atomic mass is 32.2. The summed E-state index contributed by atoms with van der Waals surface area (Å²) in [6.45, 7) is -1.27. The number of alkyl halides is 3. The van der Waals surface area contributed by atoms with Gasteiger partial charge in [-0.05, 0) is 43.2 Å². The molecule has 1 aliphatic heterocycles. The number of aromatic nitrogens is 4. The summed E-state index contributed by atoms with van der Waals surface area (Å²) in [6, 6.07) is 6.57. The first kappa shape index (κ1) is 22.2. The Hall–Kier alpha value is -3.02. The van der Waals surface area contributed by atoms with Gasteiger partial charge in [-0.15, -0.1) is 0 Å². The topological polar surface area (TPSA) is 89.8 Å². The van der Waals surface area contributed by atoms with Gasteiger partial charge in [0.15, 0.2) is 0 Å². The summed E-state index contributed by atoms with van der Waals surface area (Å²) in [6.07, 6.45) is -1.23. The SMILES string of the molecule is O=S1(=O)CCC(Nc2nccc(-c3c(-c4ccc(F)cc4)ncn3CC(F)(F)F)n2)CC1. The van der Waals surface area contributed by atoms with Gasteiger partial charge in [0, 0.05) is 17.8 Å². The summed E-state index contributed by atoms with van der Waals surface area (Å²) in [5, 5.41) is 3.07. The van der Waals surface area contributed by atoms with E-state index in [1.54, 1.807) is 0 Å². The minimum Gasteiger partial charge on any atom is -0.351 e. The lowest BCUT2D eigenvalue weighted by Crippen LogP contribution is -2.32. The largest absolute Gasteiger partial charge is 0.406 e. The smallest absolute Gasteiger partial charge is 0.351 e. The van der Waals surface area contributed by atoms with E-state index in [1.165, 1.54) is 36.5 Å². The molecule has 1 aliphatic rings. The van der Waals surface area contributed by atoms with E-state index in [-0.39, 0.29) is 40.6 Å². The second-order valence-corrected chi connectivity index (χ2v) is 9.83. The van der Waals surface area contributed by atoms with Gasteiger partial charge in [0.2, 0.25) is 5.95 Å². The van der Waals surface area contributed by atoms with Crippen molar-refractivity contribution in [3.8, 4) is 22.6 Å². The average molecular weight is 469 g/mol. The van der Waals surface area contributed by atoms with Crippen LogP contribution in [0.15, 0.2) is 42.9 Å². The first-order chi connectivity index (χ1) is 15.1. The van der Waals surface area contributed by atoms with Gasteiger partial charge in [-0.2, -0.15) is 13.2 Å². The highest BCUT2D eigenvalue weighted by Gasteiger charge is 2.31. The first-order valence-corrected chi connectivity index (χ1v) is 11.6. The van der Waals surface area contributed by atoms with Gasteiger partial charge in [0.05, 0.1) is 34.9 Å². The van der Waals surface area contributed by atoms with E-state index in [4.69, 9.17) is 0 Å². The third kappa shape index (κ3) is 5.23. The standard InChI is InChI=1S/C20H19F4N5O2S/c21-14-3-1-13(2-4-14)17-18(29(12-26-17)11-20(22,23)24)16-5-8-25-19(28-16)27-15-6-9-32(30,31)10-7-15/h1-5,8,12,15H,6-7,9-11H2,(H,25,27,28). The van der Waals surface area contributed by atoms with E-state index < -0.39 is 28.4 Å². The fourth-order valence-electron chi connectivity index (χ4n) is 3.56. The summed E-state index contributed by atoms with van der Waals surface area (Å²) < 4.78 is 77.0. The van der Waals surface area contributed by atoms with Gasteiger partial charge in [0.25, 0.3) is 0 Å². The number of rotatable bonds is 5. The molecule has 7 nitrogen and oxygen atoms in total. The van der Waals surface area contributed by atoms with E-state index in [2.05, 4.69) is 20.3 Å². The van der Waals surface area contributed by atoms with Crippen LogP contribution in [0.1, 0.15) is 12.8 Å².